The maximum Gasteiger partial charge on any atom is 0.0212 e. The van der Waals surface area contributed by atoms with E-state index >= 15 is 0 Å². The zero-order valence-corrected chi connectivity index (χ0v) is 12.9. The quantitative estimate of drug-likeness (QED) is 0.739. The van der Waals surface area contributed by atoms with Crippen LogP contribution in [0.4, 0.5) is 0 Å². The van der Waals surface area contributed by atoms with Gasteiger partial charge in [-0.05, 0) is 92.8 Å². The summed E-state index contributed by atoms with van der Waals surface area (Å²) in [5.74, 6) is 3.13. The zero-order chi connectivity index (χ0) is 13.3. The highest BCUT2D eigenvalue weighted by Crippen LogP contribution is 2.65. The fourth-order valence-electron chi connectivity index (χ4n) is 6.62. The largest absolute Gasteiger partial charge is 0.325 e. The van der Waals surface area contributed by atoms with Crippen LogP contribution in [0.5, 0.6) is 0 Å². The Morgan fingerprint density at radius 1 is 0.737 bits per heavy atom. The Morgan fingerprint density at radius 2 is 1.16 bits per heavy atom. The second kappa shape index (κ2) is 3.78. The summed E-state index contributed by atoms with van der Waals surface area (Å²) in [7, 11) is 0. The van der Waals surface area contributed by atoms with Crippen molar-refractivity contribution in [2.24, 2.45) is 34.3 Å². The van der Waals surface area contributed by atoms with E-state index in [4.69, 9.17) is 5.73 Å². The SMILES string of the molecule is CC1(C)CCC(N)(C23CC4CC(CC(C4)C2)C3)CC1. The summed E-state index contributed by atoms with van der Waals surface area (Å²) < 4.78 is 0. The van der Waals surface area contributed by atoms with Crippen molar-refractivity contribution in [2.75, 3.05) is 0 Å². The van der Waals surface area contributed by atoms with E-state index in [0.717, 1.165) is 17.8 Å². The van der Waals surface area contributed by atoms with E-state index < -0.39 is 0 Å². The van der Waals surface area contributed by atoms with Crippen LogP contribution in [-0.2, 0) is 0 Å². The molecule has 1 heteroatoms. The summed E-state index contributed by atoms with van der Waals surface area (Å²) >= 11 is 0. The molecular weight excluding hydrogens is 230 g/mol. The molecule has 0 spiro atoms. The van der Waals surface area contributed by atoms with Crippen LogP contribution in [0.25, 0.3) is 0 Å². The van der Waals surface area contributed by atoms with Crippen molar-refractivity contribution in [3.05, 3.63) is 0 Å². The van der Waals surface area contributed by atoms with E-state index in [1.807, 2.05) is 0 Å². The van der Waals surface area contributed by atoms with Crippen LogP contribution < -0.4 is 5.73 Å². The minimum Gasteiger partial charge on any atom is -0.325 e. The lowest BCUT2D eigenvalue weighted by atomic mass is 9.42. The topological polar surface area (TPSA) is 26.0 Å². The van der Waals surface area contributed by atoms with Gasteiger partial charge in [0.25, 0.3) is 0 Å². The van der Waals surface area contributed by atoms with Crippen LogP contribution in [-0.4, -0.2) is 5.54 Å². The van der Waals surface area contributed by atoms with Crippen molar-refractivity contribution in [1.29, 1.82) is 0 Å². The Hall–Kier alpha value is -0.0400. The van der Waals surface area contributed by atoms with Gasteiger partial charge >= 0.3 is 0 Å². The third-order valence-electron chi connectivity index (χ3n) is 7.59. The molecule has 5 fully saturated rings. The molecule has 0 aromatic heterocycles. The van der Waals surface area contributed by atoms with Crippen molar-refractivity contribution in [3.8, 4) is 0 Å². The Labute approximate surface area is 118 Å². The molecule has 4 bridgehead atoms. The Morgan fingerprint density at radius 3 is 1.58 bits per heavy atom. The van der Waals surface area contributed by atoms with E-state index in [1.165, 1.54) is 44.9 Å². The molecule has 0 aromatic carbocycles. The van der Waals surface area contributed by atoms with Crippen molar-refractivity contribution < 1.29 is 0 Å². The molecular formula is C18H31N. The second-order valence-electron chi connectivity index (χ2n) is 9.52. The van der Waals surface area contributed by atoms with Gasteiger partial charge in [0.2, 0.25) is 0 Å². The molecule has 0 saturated heterocycles. The fraction of sp³-hybridized carbons (Fsp3) is 1.00. The molecule has 0 amide bonds. The van der Waals surface area contributed by atoms with Crippen LogP contribution in [0.1, 0.15) is 78.1 Å². The monoisotopic (exact) mass is 261 g/mol. The standard InChI is InChI=1S/C18H31N/c1-16(2)3-5-18(19,6-4-16)17-10-13-7-14(11-17)9-15(8-13)12-17/h13-15H,3-12,19H2,1-2H3. The number of hydrogen-bond donors (Lipinski definition) is 1. The molecule has 0 atom stereocenters. The van der Waals surface area contributed by atoms with Gasteiger partial charge in [0.1, 0.15) is 0 Å². The highest BCUT2D eigenvalue weighted by atomic mass is 14.8. The molecule has 19 heavy (non-hydrogen) atoms. The fourth-order valence-corrected chi connectivity index (χ4v) is 6.62. The predicted octanol–water partition coefficient (Wildman–Crippen LogP) is 4.50. The minimum absolute atomic E-state index is 0.193. The first-order valence-corrected chi connectivity index (χ1v) is 8.69. The lowest BCUT2D eigenvalue weighted by Gasteiger charge is -2.64. The maximum absolute atomic E-state index is 7.08. The van der Waals surface area contributed by atoms with Gasteiger partial charge in [0.15, 0.2) is 0 Å². The smallest absolute Gasteiger partial charge is 0.0212 e. The van der Waals surface area contributed by atoms with Crippen molar-refractivity contribution in [3.63, 3.8) is 0 Å². The summed E-state index contributed by atoms with van der Waals surface area (Å²) in [5, 5.41) is 0. The second-order valence-corrected chi connectivity index (χ2v) is 9.52. The first-order valence-electron chi connectivity index (χ1n) is 8.69. The van der Waals surface area contributed by atoms with Gasteiger partial charge in [0, 0.05) is 5.54 Å². The van der Waals surface area contributed by atoms with Gasteiger partial charge < -0.3 is 5.73 Å². The molecule has 5 aliphatic carbocycles. The number of nitrogens with two attached hydrogens (primary N) is 1. The molecule has 0 aromatic rings. The van der Waals surface area contributed by atoms with Gasteiger partial charge in [-0.15, -0.1) is 0 Å². The van der Waals surface area contributed by atoms with Crippen molar-refractivity contribution >= 4 is 0 Å². The van der Waals surface area contributed by atoms with Crippen LogP contribution in [0, 0.1) is 28.6 Å². The maximum atomic E-state index is 7.08. The molecule has 2 N–H and O–H groups in total. The summed E-state index contributed by atoms with van der Waals surface area (Å²) in [6.45, 7) is 4.87. The number of hydrogen-bond acceptors (Lipinski definition) is 1. The van der Waals surface area contributed by atoms with Crippen molar-refractivity contribution in [2.45, 2.75) is 83.6 Å². The van der Waals surface area contributed by atoms with E-state index in [0.29, 0.717) is 10.8 Å². The van der Waals surface area contributed by atoms with Gasteiger partial charge in [-0.25, -0.2) is 0 Å². The summed E-state index contributed by atoms with van der Waals surface area (Å²) in [6, 6.07) is 0. The minimum atomic E-state index is 0.193. The first-order chi connectivity index (χ1) is 8.90. The predicted molar refractivity (Wildman–Crippen MR) is 79.8 cm³/mol. The van der Waals surface area contributed by atoms with Gasteiger partial charge in [-0.2, -0.15) is 0 Å². The third-order valence-corrected chi connectivity index (χ3v) is 7.59. The van der Waals surface area contributed by atoms with Crippen molar-refractivity contribution in [1.82, 2.24) is 0 Å². The molecule has 5 saturated carbocycles. The highest BCUT2D eigenvalue weighted by molar-refractivity contribution is 5.13. The van der Waals surface area contributed by atoms with E-state index in [-0.39, 0.29) is 5.54 Å². The van der Waals surface area contributed by atoms with Gasteiger partial charge in [-0.1, -0.05) is 13.8 Å². The van der Waals surface area contributed by atoms with Crippen LogP contribution in [0.2, 0.25) is 0 Å². The lowest BCUT2D eigenvalue weighted by molar-refractivity contribution is -0.113. The van der Waals surface area contributed by atoms with E-state index in [1.54, 1.807) is 19.3 Å². The molecule has 0 heterocycles. The van der Waals surface area contributed by atoms with Crippen LogP contribution >= 0.6 is 0 Å². The Kier molecular flexibility index (Phi) is 2.52. The summed E-state index contributed by atoms with van der Waals surface area (Å²) in [6.07, 6.45) is 14.4. The Balaban J connectivity index is 1.61. The van der Waals surface area contributed by atoms with Gasteiger partial charge in [-0.3, -0.25) is 0 Å². The summed E-state index contributed by atoms with van der Waals surface area (Å²) in [5.41, 5.74) is 8.37. The molecule has 5 rings (SSSR count). The normalized spacial score (nSPS) is 50.4. The average Bonchev–Trinajstić information content (AvgIpc) is 2.31. The third kappa shape index (κ3) is 1.83. The zero-order valence-electron chi connectivity index (χ0n) is 12.9. The number of rotatable bonds is 1. The van der Waals surface area contributed by atoms with E-state index in [9.17, 15) is 0 Å². The molecule has 1 nitrogen and oxygen atoms in total. The molecule has 0 radical (unpaired) electrons. The van der Waals surface area contributed by atoms with Crippen LogP contribution in [0.15, 0.2) is 0 Å². The molecule has 0 aliphatic heterocycles. The lowest BCUT2D eigenvalue weighted by Crippen LogP contribution is -2.64. The average molecular weight is 261 g/mol. The Bertz CT molecular complexity index is 336. The molecule has 5 aliphatic rings. The van der Waals surface area contributed by atoms with E-state index in [2.05, 4.69) is 13.8 Å². The van der Waals surface area contributed by atoms with Crippen LogP contribution in [0.3, 0.4) is 0 Å². The highest BCUT2D eigenvalue weighted by Gasteiger charge is 2.59. The molecule has 108 valence electrons. The molecule has 0 unspecified atom stereocenters. The summed E-state index contributed by atoms with van der Waals surface area (Å²) in [4.78, 5) is 0. The first kappa shape index (κ1) is 12.7. The van der Waals surface area contributed by atoms with Gasteiger partial charge in [0.05, 0.1) is 0 Å².